The van der Waals surface area contributed by atoms with Gasteiger partial charge in [0, 0.05) is 23.8 Å². The molecular weight excluding hydrogens is 376 g/mol. The van der Waals surface area contributed by atoms with Crippen molar-refractivity contribution in [2.24, 2.45) is 5.92 Å². The first kappa shape index (κ1) is 22.7. The van der Waals surface area contributed by atoms with Gasteiger partial charge in [-0.2, -0.15) is 0 Å². The Balaban J connectivity index is 1.78. The van der Waals surface area contributed by atoms with Crippen LogP contribution in [-0.2, 0) is 14.9 Å². The van der Waals surface area contributed by atoms with Crippen LogP contribution in [0, 0.1) is 5.92 Å². The molecule has 4 nitrogen and oxygen atoms in total. The lowest BCUT2D eigenvalue weighted by Gasteiger charge is -2.47. The molecule has 1 unspecified atom stereocenters. The minimum atomic E-state index is -0.252. The molecule has 3 rings (SSSR count). The first-order valence-corrected chi connectivity index (χ1v) is 11.3. The molecule has 0 spiro atoms. The number of phenols is 1. The zero-order chi connectivity index (χ0) is 22.1. The van der Waals surface area contributed by atoms with E-state index in [1.54, 1.807) is 0 Å². The summed E-state index contributed by atoms with van der Waals surface area (Å²) in [4.78, 5) is 11.3. The van der Waals surface area contributed by atoms with Crippen LogP contribution in [-0.4, -0.2) is 23.8 Å². The molecule has 166 valence electrons. The minimum absolute atomic E-state index is 0.0789. The second kappa shape index (κ2) is 8.64. The molecule has 30 heavy (non-hydrogen) atoms. The average Bonchev–Trinajstić information content (AvgIpc) is 2.66. The Hall–Kier alpha value is -1.97. The summed E-state index contributed by atoms with van der Waals surface area (Å²) in [5.74, 6) is 1.78. The van der Waals surface area contributed by atoms with Gasteiger partial charge in [0.1, 0.15) is 17.1 Å². The van der Waals surface area contributed by atoms with Crippen molar-refractivity contribution in [3.05, 3.63) is 34.9 Å². The quantitative estimate of drug-likeness (QED) is 0.318. The third-order valence-corrected chi connectivity index (χ3v) is 7.20. The number of esters is 1. The predicted octanol–water partition coefficient (Wildman–Crippen LogP) is 6.40. The second-order valence-corrected chi connectivity index (χ2v) is 10.3. The van der Waals surface area contributed by atoms with Gasteiger partial charge in [0.05, 0.1) is 7.11 Å². The molecule has 0 saturated heterocycles. The van der Waals surface area contributed by atoms with E-state index < -0.39 is 0 Å². The molecule has 1 heterocycles. The number of hydrogen-bond donors (Lipinski definition) is 1. The molecule has 1 N–H and O–H groups in total. The maximum atomic E-state index is 11.3. The zero-order valence-electron chi connectivity index (χ0n) is 19.5. The summed E-state index contributed by atoms with van der Waals surface area (Å²) in [6, 6.07) is 4.12. The topological polar surface area (TPSA) is 55.8 Å². The van der Waals surface area contributed by atoms with E-state index in [0.29, 0.717) is 24.0 Å². The Morgan fingerprint density at radius 3 is 2.70 bits per heavy atom. The van der Waals surface area contributed by atoms with Crippen molar-refractivity contribution in [3.8, 4) is 11.5 Å². The van der Waals surface area contributed by atoms with Gasteiger partial charge in [0.25, 0.3) is 0 Å². The van der Waals surface area contributed by atoms with E-state index in [1.165, 1.54) is 12.7 Å². The Morgan fingerprint density at radius 1 is 1.27 bits per heavy atom. The highest BCUT2D eigenvalue weighted by Crippen LogP contribution is 2.54. The first-order valence-electron chi connectivity index (χ1n) is 11.3. The maximum Gasteiger partial charge on any atom is 0.305 e. The van der Waals surface area contributed by atoms with Crippen LogP contribution in [0.4, 0.5) is 0 Å². The number of phenolic OH excluding ortho intramolecular Hbond substituents is 1. The van der Waals surface area contributed by atoms with Crippen molar-refractivity contribution in [2.45, 2.75) is 96.5 Å². The average molecular weight is 415 g/mol. The molecule has 1 aromatic carbocycles. The van der Waals surface area contributed by atoms with Crippen molar-refractivity contribution in [2.75, 3.05) is 7.11 Å². The van der Waals surface area contributed by atoms with Crippen LogP contribution in [0.5, 0.6) is 11.5 Å². The largest absolute Gasteiger partial charge is 0.508 e. The van der Waals surface area contributed by atoms with Gasteiger partial charge in [-0.25, -0.2) is 0 Å². The van der Waals surface area contributed by atoms with Gasteiger partial charge in [-0.15, -0.1) is 0 Å². The van der Waals surface area contributed by atoms with Crippen LogP contribution < -0.4 is 4.74 Å². The van der Waals surface area contributed by atoms with Crippen molar-refractivity contribution in [1.29, 1.82) is 0 Å². The highest BCUT2D eigenvalue weighted by atomic mass is 16.5. The fourth-order valence-electron chi connectivity index (χ4n) is 5.21. The summed E-state index contributed by atoms with van der Waals surface area (Å²) in [6.07, 6.45) is 8.66. The number of fused-ring (bicyclic) bond motifs is 3. The van der Waals surface area contributed by atoms with E-state index in [1.807, 2.05) is 6.07 Å². The number of hydrogen-bond acceptors (Lipinski definition) is 4. The number of carbonyl (C=O) groups is 1. The van der Waals surface area contributed by atoms with Gasteiger partial charge in [-0.05, 0) is 69.6 Å². The number of benzene rings is 1. The molecule has 0 radical (unpaired) electrons. The monoisotopic (exact) mass is 414 g/mol. The lowest BCUT2D eigenvalue weighted by molar-refractivity contribution is -0.140. The van der Waals surface area contributed by atoms with Crippen molar-refractivity contribution in [1.82, 2.24) is 0 Å². The molecule has 1 aliphatic heterocycles. The predicted molar refractivity (Wildman–Crippen MR) is 120 cm³/mol. The summed E-state index contributed by atoms with van der Waals surface area (Å²) in [6.45, 7) is 11.0. The Labute approximate surface area is 181 Å². The van der Waals surface area contributed by atoms with E-state index in [-0.39, 0.29) is 17.0 Å². The molecule has 0 fully saturated rings. The number of unbranched alkanes of at least 4 members (excludes halogenated alkanes) is 2. The van der Waals surface area contributed by atoms with E-state index >= 15 is 0 Å². The smallest absolute Gasteiger partial charge is 0.305 e. The van der Waals surface area contributed by atoms with Crippen LogP contribution >= 0.6 is 0 Å². The van der Waals surface area contributed by atoms with Crippen LogP contribution in [0.1, 0.15) is 96.6 Å². The van der Waals surface area contributed by atoms with Crippen molar-refractivity contribution in [3.63, 3.8) is 0 Å². The molecule has 4 heteroatoms. The molecule has 1 aromatic rings. The number of ether oxygens (including phenoxy) is 2. The molecule has 0 aromatic heterocycles. The number of carbonyl (C=O) groups excluding carboxylic acids is 1. The van der Waals surface area contributed by atoms with Gasteiger partial charge in [0.15, 0.2) is 0 Å². The van der Waals surface area contributed by atoms with Gasteiger partial charge in [0.2, 0.25) is 0 Å². The molecule has 0 bridgehead atoms. The zero-order valence-corrected chi connectivity index (χ0v) is 19.5. The van der Waals surface area contributed by atoms with E-state index in [0.717, 1.165) is 55.4 Å². The highest BCUT2D eigenvalue weighted by molar-refractivity contribution is 5.68. The fourth-order valence-corrected chi connectivity index (χ4v) is 5.21. The standard InChI is InChI=1S/C26H38O4/c1-17-11-12-20-19(14-17)24-21(27)15-18(16-22(24)30-26(20,4)5)25(2,3)13-9-7-8-10-23(28)29-6/h11,15-16,19-20,27H,7-10,12-14H2,1-6H3/t19-,20?/m1/s1. The lowest BCUT2D eigenvalue weighted by atomic mass is 9.66. The summed E-state index contributed by atoms with van der Waals surface area (Å²) in [5.41, 5.74) is 3.17. The summed E-state index contributed by atoms with van der Waals surface area (Å²) in [7, 11) is 1.44. The van der Waals surface area contributed by atoms with Crippen LogP contribution in [0.3, 0.4) is 0 Å². The number of allylic oxidation sites excluding steroid dienone is 2. The normalized spacial score (nSPS) is 22.4. The molecule has 0 amide bonds. The van der Waals surface area contributed by atoms with Gasteiger partial charge in [-0.1, -0.05) is 38.3 Å². The van der Waals surface area contributed by atoms with E-state index in [2.05, 4.69) is 46.8 Å². The number of aromatic hydroxyl groups is 1. The van der Waals surface area contributed by atoms with Crippen LogP contribution in [0.2, 0.25) is 0 Å². The fraction of sp³-hybridized carbons (Fsp3) is 0.654. The molecular formula is C26H38O4. The Kier molecular flexibility index (Phi) is 6.54. The highest BCUT2D eigenvalue weighted by Gasteiger charge is 2.46. The number of rotatable bonds is 7. The Bertz CT molecular complexity index is 819. The molecule has 2 aliphatic rings. The summed E-state index contributed by atoms with van der Waals surface area (Å²) < 4.78 is 11.2. The van der Waals surface area contributed by atoms with E-state index in [9.17, 15) is 9.90 Å². The molecule has 1 aliphatic carbocycles. The third kappa shape index (κ3) is 4.68. The van der Waals surface area contributed by atoms with Gasteiger partial charge < -0.3 is 14.6 Å². The molecule has 2 atom stereocenters. The molecule has 0 saturated carbocycles. The third-order valence-electron chi connectivity index (χ3n) is 7.20. The SMILES string of the molecule is COC(=O)CCCCCC(C)(C)c1cc(O)c2c(c1)OC(C)(C)C1CC=C(C)C[C@@H]21. The first-order chi connectivity index (χ1) is 14.0. The summed E-state index contributed by atoms with van der Waals surface area (Å²) >= 11 is 0. The lowest BCUT2D eigenvalue weighted by Crippen LogP contribution is -2.45. The summed E-state index contributed by atoms with van der Waals surface area (Å²) in [5, 5.41) is 11.0. The second-order valence-electron chi connectivity index (χ2n) is 10.3. The van der Waals surface area contributed by atoms with Crippen molar-refractivity contribution >= 4 is 5.97 Å². The van der Waals surface area contributed by atoms with Crippen LogP contribution in [0.15, 0.2) is 23.8 Å². The maximum absolute atomic E-state index is 11.3. The van der Waals surface area contributed by atoms with Gasteiger partial charge in [-0.3, -0.25) is 4.79 Å². The van der Waals surface area contributed by atoms with Crippen molar-refractivity contribution < 1.29 is 19.4 Å². The Morgan fingerprint density at radius 2 is 2.00 bits per heavy atom. The van der Waals surface area contributed by atoms with Crippen LogP contribution in [0.25, 0.3) is 0 Å². The van der Waals surface area contributed by atoms with E-state index in [4.69, 9.17) is 9.47 Å². The number of methoxy groups -OCH3 is 1. The van der Waals surface area contributed by atoms with Gasteiger partial charge >= 0.3 is 5.97 Å². The minimum Gasteiger partial charge on any atom is -0.508 e.